The molecule has 1 aromatic rings. The van der Waals surface area contributed by atoms with E-state index in [0.717, 1.165) is 13.2 Å². The van der Waals surface area contributed by atoms with Crippen molar-refractivity contribution in [2.75, 3.05) is 7.11 Å². The molecule has 0 unspecified atom stereocenters. The Hall–Kier alpha value is -1.99. The number of hydrogen-bond donors (Lipinski definition) is 1. The highest BCUT2D eigenvalue weighted by Gasteiger charge is 2.33. The van der Waals surface area contributed by atoms with Gasteiger partial charge in [0.05, 0.1) is 19.2 Å². The zero-order valence-electron chi connectivity index (χ0n) is 9.54. The van der Waals surface area contributed by atoms with Crippen molar-refractivity contribution in [2.45, 2.75) is 19.7 Å². The maximum atomic E-state index is 12.0. The molecule has 0 spiro atoms. The average molecular weight is 265 g/mol. The maximum absolute atomic E-state index is 12.0. The van der Waals surface area contributed by atoms with Gasteiger partial charge in [0.25, 0.3) is 5.88 Å². The lowest BCUT2D eigenvalue weighted by Crippen LogP contribution is -2.19. The Morgan fingerprint density at radius 2 is 2.11 bits per heavy atom. The summed E-state index contributed by atoms with van der Waals surface area (Å²) >= 11 is 0. The fourth-order valence-electron chi connectivity index (χ4n) is 1.19. The summed E-state index contributed by atoms with van der Waals surface area (Å²) in [5.41, 5.74) is 0.395. The number of aromatic hydroxyl groups is 1. The number of carbonyl (C=O) groups is 1. The number of carbonyl (C=O) groups excluding carboxylic acids is 1. The third-order valence-corrected chi connectivity index (χ3v) is 2.02. The summed E-state index contributed by atoms with van der Waals surface area (Å²) in [6.45, 7) is 1.49. The molecule has 8 heteroatoms. The van der Waals surface area contributed by atoms with Crippen LogP contribution in [-0.4, -0.2) is 29.5 Å². The molecule has 0 amide bonds. The van der Waals surface area contributed by atoms with Gasteiger partial charge < -0.3 is 14.6 Å². The van der Waals surface area contributed by atoms with Crippen LogP contribution in [-0.2, 0) is 16.0 Å². The first kappa shape index (κ1) is 14.1. The van der Waals surface area contributed by atoms with Crippen LogP contribution in [0.4, 0.5) is 13.2 Å². The molecule has 0 aromatic carbocycles. The lowest BCUT2D eigenvalue weighted by atomic mass is 10.1. The molecule has 100 valence electrons. The number of hydrogen-bond acceptors (Lipinski definition) is 5. The molecule has 0 atom stereocenters. The zero-order valence-corrected chi connectivity index (χ0v) is 9.54. The number of nitrogens with zero attached hydrogens (tertiary/aromatic N) is 1. The number of ether oxygens (including phenoxy) is 2. The van der Waals surface area contributed by atoms with Crippen molar-refractivity contribution in [3.63, 3.8) is 0 Å². The summed E-state index contributed by atoms with van der Waals surface area (Å²) in [5.74, 6) is -2.40. The Labute approximate surface area is 100 Å². The van der Waals surface area contributed by atoms with Crippen LogP contribution in [0, 0.1) is 6.92 Å². The number of aromatic nitrogens is 1. The second kappa shape index (κ2) is 5.11. The molecule has 1 rings (SSSR count). The number of esters is 1. The Bertz CT molecular complexity index is 459. The van der Waals surface area contributed by atoms with Gasteiger partial charge >= 0.3 is 12.3 Å². The highest BCUT2D eigenvalue weighted by molar-refractivity contribution is 5.72. The number of methoxy groups -OCH3 is 1. The van der Waals surface area contributed by atoms with E-state index in [0.29, 0.717) is 5.56 Å². The molecule has 1 aromatic heterocycles. The topological polar surface area (TPSA) is 68.7 Å². The quantitative estimate of drug-likeness (QED) is 0.842. The number of alkyl halides is 3. The minimum atomic E-state index is -4.97. The van der Waals surface area contributed by atoms with Crippen molar-refractivity contribution in [3.8, 4) is 11.6 Å². The van der Waals surface area contributed by atoms with Gasteiger partial charge in [0.2, 0.25) is 0 Å². The van der Waals surface area contributed by atoms with Gasteiger partial charge in [-0.15, -0.1) is 13.2 Å². The second-order valence-electron chi connectivity index (χ2n) is 3.38. The molecule has 0 aliphatic carbocycles. The van der Waals surface area contributed by atoms with Crippen LogP contribution >= 0.6 is 0 Å². The number of aryl methyl sites for hydroxylation is 1. The van der Waals surface area contributed by atoms with Crippen molar-refractivity contribution in [1.82, 2.24) is 4.98 Å². The first-order chi connectivity index (χ1) is 8.23. The third kappa shape index (κ3) is 3.79. The SMILES string of the molecule is COC(=O)Cc1nc(OC(F)(F)F)c(O)cc1C. The van der Waals surface area contributed by atoms with Crippen LogP contribution in [0.25, 0.3) is 0 Å². The molecule has 18 heavy (non-hydrogen) atoms. The summed E-state index contributed by atoms with van der Waals surface area (Å²) in [6, 6.07) is 1.03. The van der Waals surface area contributed by atoms with Gasteiger partial charge in [-0.1, -0.05) is 0 Å². The molecule has 0 radical (unpaired) electrons. The molecule has 0 aliphatic rings. The van der Waals surface area contributed by atoms with Crippen LogP contribution < -0.4 is 4.74 Å². The first-order valence-corrected chi connectivity index (χ1v) is 4.75. The Kier molecular flexibility index (Phi) is 4.00. The lowest BCUT2D eigenvalue weighted by Gasteiger charge is -2.12. The molecular weight excluding hydrogens is 255 g/mol. The monoisotopic (exact) mass is 265 g/mol. The minimum Gasteiger partial charge on any atom is -0.503 e. The molecule has 0 bridgehead atoms. The Morgan fingerprint density at radius 3 is 2.61 bits per heavy atom. The molecule has 1 heterocycles. The fourth-order valence-corrected chi connectivity index (χ4v) is 1.19. The first-order valence-electron chi connectivity index (χ1n) is 4.75. The van der Waals surface area contributed by atoms with Crippen LogP contribution in [0.1, 0.15) is 11.3 Å². The van der Waals surface area contributed by atoms with Gasteiger partial charge in [0.1, 0.15) is 0 Å². The summed E-state index contributed by atoms with van der Waals surface area (Å²) in [5, 5.41) is 9.27. The minimum absolute atomic E-state index is 0.0406. The predicted octanol–water partition coefficient (Wildman–Crippen LogP) is 1.71. The standard InChI is InChI=1S/C10H10F3NO4/c1-5-3-7(15)9(18-10(11,12)13)14-6(5)4-8(16)17-2/h3,15H,4H2,1-2H3. The van der Waals surface area contributed by atoms with Gasteiger partial charge in [-0.2, -0.15) is 0 Å². The zero-order chi connectivity index (χ0) is 13.9. The van der Waals surface area contributed by atoms with E-state index in [1.807, 2.05) is 0 Å². The highest BCUT2D eigenvalue weighted by Crippen LogP contribution is 2.30. The average Bonchev–Trinajstić information content (AvgIpc) is 2.23. The fraction of sp³-hybridized carbons (Fsp3) is 0.400. The van der Waals surface area contributed by atoms with E-state index >= 15 is 0 Å². The predicted molar refractivity (Wildman–Crippen MR) is 53.0 cm³/mol. The van der Waals surface area contributed by atoms with Crippen LogP contribution in [0.5, 0.6) is 11.6 Å². The van der Waals surface area contributed by atoms with E-state index < -0.39 is 24.0 Å². The number of rotatable bonds is 3. The van der Waals surface area contributed by atoms with Crippen molar-refractivity contribution in [1.29, 1.82) is 0 Å². The number of pyridine rings is 1. The van der Waals surface area contributed by atoms with Crippen molar-refractivity contribution >= 4 is 5.97 Å². The highest BCUT2D eigenvalue weighted by atomic mass is 19.4. The molecule has 5 nitrogen and oxygen atoms in total. The van der Waals surface area contributed by atoms with Crippen LogP contribution in [0.2, 0.25) is 0 Å². The van der Waals surface area contributed by atoms with E-state index in [-0.39, 0.29) is 12.1 Å². The van der Waals surface area contributed by atoms with E-state index in [1.54, 1.807) is 0 Å². The number of halogens is 3. The molecule has 0 saturated heterocycles. The summed E-state index contributed by atoms with van der Waals surface area (Å²) in [7, 11) is 1.14. The summed E-state index contributed by atoms with van der Waals surface area (Å²) in [4.78, 5) is 14.5. The van der Waals surface area contributed by atoms with E-state index in [1.165, 1.54) is 6.92 Å². The Morgan fingerprint density at radius 1 is 1.50 bits per heavy atom. The molecule has 0 aliphatic heterocycles. The molecule has 0 saturated carbocycles. The van der Waals surface area contributed by atoms with Gasteiger partial charge in [0, 0.05) is 0 Å². The maximum Gasteiger partial charge on any atom is 0.574 e. The smallest absolute Gasteiger partial charge is 0.503 e. The van der Waals surface area contributed by atoms with Crippen molar-refractivity contribution < 1.29 is 32.5 Å². The van der Waals surface area contributed by atoms with Gasteiger partial charge in [-0.05, 0) is 18.6 Å². The van der Waals surface area contributed by atoms with Gasteiger partial charge in [-0.25, -0.2) is 4.98 Å². The van der Waals surface area contributed by atoms with Crippen molar-refractivity contribution in [3.05, 3.63) is 17.3 Å². The molecular formula is C10H10F3NO4. The second-order valence-corrected chi connectivity index (χ2v) is 3.38. The summed E-state index contributed by atoms with van der Waals surface area (Å²) < 4.78 is 44.0. The third-order valence-electron chi connectivity index (χ3n) is 2.02. The van der Waals surface area contributed by atoms with Gasteiger partial charge in [0.15, 0.2) is 5.75 Å². The van der Waals surface area contributed by atoms with Gasteiger partial charge in [-0.3, -0.25) is 4.79 Å². The molecule has 1 N–H and O–H groups in total. The largest absolute Gasteiger partial charge is 0.574 e. The normalized spacial score (nSPS) is 11.2. The van der Waals surface area contributed by atoms with Crippen molar-refractivity contribution in [2.24, 2.45) is 0 Å². The van der Waals surface area contributed by atoms with E-state index in [4.69, 9.17) is 0 Å². The lowest BCUT2D eigenvalue weighted by molar-refractivity contribution is -0.276. The van der Waals surface area contributed by atoms with E-state index in [9.17, 15) is 23.1 Å². The summed E-state index contributed by atoms with van der Waals surface area (Å²) in [6.07, 6.45) is -5.28. The molecule has 0 fully saturated rings. The van der Waals surface area contributed by atoms with E-state index in [2.05, 4.69) is 14.5 Å². The Balaban J connectivity index is 3.06. The van der Waals surface area contributed by atoms with Crippen LogP contribution in [0.3, 0.4) is 0 Å². The van der Waals surface area contributed by atoms with Crippen LogP contribution in [0.15, 0.2) is 6.07 Å².